The first kappa shape index (κ1) is 64.6. The van der Waals surface area contributed by atoms with Gasteiger partial charge in [-0.2, -0.15) is 0 Å². The van der Waals surface area contributed by atoms with Crippen molar-refractivity contribution >= 4 is 0 Å². The largest absolute Gasteiger partial charge is 0.496 e. The molecule has 4 aromatic rings. The van der Waals surface area contributed by atoms with E-state index in [9.17, 15) is 0 Å². The molecule has 82 heavy (non-hydrogen) atoms. The van der Waals surface area contributed by atoms with E-state index in [4.69, 9.17) is 66.3 Å². The highest BCUT2D eigenvalue weighted by atomic mass is 16.6. The number of hydrogen-bond acceptors (Lipinski definition) is 14. The van der Waals surface area contributed by atoms with Crippen LogP contribution in [0, 0.1) is 0 Å². The minimum atomic E-state index is -0.179. The van der Waals surface area contributed by atoms with E-state index in [1.54, 1.807) is 28.4 Å². The smallest absolute Gasteiger partial charge is 0.126 e. The maximum absolute atomic E-state index is 7.00. The average Bonchev–Trinajstić information content (AvgIpc) is 3.67. The topological polar surface area (TPSA) is 129 Å². The molecule has 0 amide bonds. The molecule has 8 rings (SSSR count). The molecule has 0 saturated heterocycles. The lowest BCUT2D eigenvalue weighted by molar-refractivity contribution is 0.00483. The molecule has 4 aliphatic rings. The summed E-state index contributed by atoms with van der Waals surface area (Å²) in [7, 11) is 7.11. The Bertz CT molecular complexity index is 2290. The van der Waals surface area contributed by atoms with Crippen LogP contribution in [0.2, 0.25) is 0 Å². The molecule has 3 aliphatic heterocycles. The first-order valence-corrected chi connectivity index (χ1v) is 31.3. The second-order valence-corrected chi connectivity index (χ2v) is 21.8. The summed E-state index contributed by atoms with van der Waals surface area (Å²) in [4.78, 5) is 0. The lowest BCUT2D eigenvalue weighted by atomic mass is 9.76. The quantitative estimate of drug-likeness (QED) is 0.0615. The van der Waals surface area contributed by atoms with Crippen molar-refractivity contribution in [3.8, 4) is 46.0 Å². The van der Waals surface area contributed by atoms with Gasteiger partial charge in [-0.1, -0.05) is 105 Å². The molecule has 10 bridgehead atoms. The van der Waals surface area contributed by atoms with E-state index in [0.29, 0.717) is 106 Å². The van der Waals surface area contributed by atoms with E-state index in [2.05, 4.69) is 76.2 Å². The number of unbranched alkanes of at least 4 members (excludes halogenated alkanes) is 8. The molecule has 4 aromatic carbocycles. The summed E-state index contributed by atoms with van der Waals surface area (Å²) in [5.41, 5.74) is 8.53. The molecule has 0 aromatic heterocycles. The maximum Gasteiger partial charge on any atom is 0.126 e. The third kappa shape index (κ3) is 18.0. The second kappa shape index (κ2) is 36.0. The Morgan fingerprint density at radius 1 is 0.268 bits per heavy atom. The number of rotatable bonds is 20. The zero-order valence-electron chi connectivity index (χ0n) is 51.3. The van der Waals surface area contributed by atoms with Gasteiger partial charge in [-0.15, -0.1) is 0 Å². The van der Waals surface area contributed by atoms with Crippen LogP contribution in [-0.4, -0.2) is 134 Å². The Morgan fingerprint density at radius 2 is 0.463 bits per heavy atom. The Hall–Kier alpha value is -4.96. The Kier molecular flexibility index (Phi) is 28.4. The van der Waals surface area contributed by atoms with Crippen LogP contribution in [0.4, 0.5) is 0 Å². The summed E-state index contributed by atoms with van der Waals surface area (Å²) in [5, 5.41) is 0. The van der Waals surface area contributed by atoms with E-state index in [1.165, 1.54) is 0 Å². The van der Waals surface area contributed by atoms with Gasteiger partial charge in [-0.05, 0) is 49.9 Å². The van der Waals surface area contributed by atoms with Crippen LogP contribution in [0.15, 0.2) is 48.5 Å². The highest BCUT2D eigenvalue weighted by Crippen LogP contribution is 2.54. The van der Waals surface area contributed by atoms with Crippen molar-refractivity contribution in [2.75, 3.05) is 134 Å². The van der Waals surface area contributed by atoms with E-state index < -0.39 is 0 Å². The fourth-order valence-corrected chi connectivity index (χ4v) is 12.0. The molecule has 0 unspecified atom stereocenters. The maximum atomic E-state index is 7.00. The van der Waals surface area contributed by atoms with Crippen LogP contribution >= 0.6 is 0 Å². The minimum absolute atomic E-state index is 0.175. The van der Waals surface area contributed by atoms with Gasteiger partial charge in [0.1, 0.15) is 72.4 Å². The molecule has 14 heteroatoms. The lowest BCUT2D eigenvalue weighted by Crippen LogP contribution is -2.18. The summed E-state index contributed by atoms with van der Waals surface area (Å²) in [6, 6.07) is 18.1. The van der Waals surface area contributed by atoms with Gasteiger partial charge in [0.2, 0.25) is 0 Å². The third-order valence-electron chi connectivity index (χ3n) is 16.3. The van der Waals surface area contributed by atoms with Gasteiger partial charge in [-0.25, -0.2) is 0 Å². The van der Waals surface area contributed by atoms with Crippen molar-refractivity contribution in [3.63, 3.8) is 0 Å². The van der Waals surface area contributed by atoms with Crippen LogP contribution in [0.1, 0.15) is 199 Å². The van der Waals surface area contributed by atoms with Crippen molar-refractivity contribution in [1.29, 1.82) is 0 Å². The molecule has 0 saturated carbocycles. The van der Waals surface area contributed by atoms with Crippen molar-refractivity contribution in [3.05, 3.63) is 93.0 Å². The first-order valence-electron chi connectivity index (χ1n) is 31.3. The molecule has 0 spiro atoms. The van der Waals surface area contributed by atoms with E-state index >= 15 is 0 Å². The SMILES string of the molecule is CCCCC[C@H]1c2cc3c(cc2OC)OCCOCCOCCOCCOc2cc(OC)c(cc21)[C@H](CCCCC)c1cc2c(OC)cc1OCCOCCOCCOCCOc1cc(OC)c(cc1[C@H]2CCCCC)[C@@H]3CCCCC. The highest BCUT2D eigenvalue weighted by Gasteiger charge is 2.35. The van der Waals surface area contributed by atoms with E-state index in [0.717, 1.165) is 193 Å². The van der Waals surface area contributed by atoms with Crippen LogP contribution in [0.3, 0.4) is 0 Å². The predicted octanol–water partition coefficient (Wildman–Crippen LogP) is 14.5. The molecule has 14 nitrogen and oxygen atoms in total. The third-order valence-corrected chi connectivity index (χ3v) is 16.3. The molecule has 0 fully saturated rings. The molecule has 4 atom stereocenters. The van der Waals surface area contributed by atoms with Crippen LogP contribution < -0.4 is 37.9 Å². The van der Waals surface area contributed by atoms with Gasteiger partial charge in [0.05, 0.1) is 108 Å². The predicted molar refractivity (Wildman–Crippen MR) is 323 cm³/mol. The van der Waals surface area contributed by atoms with Crippen LogP contribution in [-0.2, 0) is 28.4 Å². The highest BCUT2D eigenvalue weighted by molar-refractivity contribution is 5.63. The summed E-state index contributed by atoms with van der Waals surface area (Å²) < 4.78 is 90.7. The first-order chi connectivity index (χ1) is 40.4. The Balaban J connectivity index is 1.67. The number of fused-ring (bicyclic) bond motifs is 15. The zero-order chi connectivity index (χ0) is 57.7. The normalized spacial score (nSPS) is 19.8. The van der Waals surface area contributed by atoms with Gasteiger partial charge >= 0.3 is 0 Å². The fraction of sp³-hybridized carbons (Fsp3) is 0.647. The minimum Gasteiger partial charge on any atom is -0.496 e. The van der Waals surface area contributed by atoms with Crippen molar-refractivity contribution < 1.29 is 66.3 Å². The van der Waals surface area contributed by atoms with Crippen molar-refractivity contribution in [1.82, 2.24) is 0 Å². The zero-order valence-corrected chi connectivity index (χ0v) is 51.3. The van der Waals surface area contributed by atoms with Gasteiger partial charge in [0.25, 0.3) is 0 Å². The van der Waals surface area contributed by atoms with Crippen LogP contribution in [0.25, 0.3) is 0 Å². The van der Waals surface area contributed by atoms with Crippen molar-refractivity contribution in [2.45, 2.75) is 154 Å². The molecular formula is C68H100O14. The second-order valence-electron chi connectivity index (χ2n) is 21.8. The summed E-state index contributed by atoms with van der Waals surface area (Å²) in [6.07, 6.45) is 15.8. The number of ether oxygens (including phenoxy) is 14. The standard InChI is InChI=1S/C68H100O14/c1-9-13-17-21-49-53-41-59-52(24-20-16-12-4)56-44-58-50(22-18-14-10-2)54-42-60(68(46-62(54)70-6)82-40-36-78-32-28-74-26-30-76-34-38-80-66(58)48-64(56)72-8)51(23-19-15-11-3)55-43-57(49)65(47-63(55)71-7)79-37-33-75-29-25-73-27-31-77-35-39-81-67(59)45-61(53)69-5/h41-52H,9-40H2,1-8H3/t49-,50-,51-,52-/m0/s1. The van der Waals surface area contributed by atoms with E-state index in [-0.39, 0.29) is 23.7 Å². The van der Waals surface area contributed by atoms with Crippen LogP contribution in [0.5, 0.6) is 46.0 Å². The summed E-state index contributed by atoms with van der Waals surface area (Å²) >= 11 is 0. The monoisotopic (exact) mass is 1140 g/mol. The lowest BCUT2D eigenvalue weighted by Gasteiger charge is -2.32. The number of methoxy groups -OCH3 is 4. The molecule has 0 radical (unpaired) electrons. The summed E-state index contributed by atoms with van der Waals surface area (Å²) in [5.74, 6) is 5.30. The number of hydrogen-bond donors (Lipinski definition) is 0. The van der Waals surface area contributed by atoms with E-state index in [1.807, 2.05) is 0 Å². The van der Waals surface area contributed by atoms with Gasteiger partial charge in [0.15, 0.2) is 0 Å². The molecular weight excluding hydrogens is 1040 g/mol. The van der Waals surface area contributed by atoms with Crippen molar-refractivity contribution in [2.24, 2.45) is 0 Å². The van der Waals surface area contributed by atoms with Gasteiger partial charge in [0, 0.05) is 92.4 Å². The van der Waals surface area contributed by atoms with Gasteiger partial charge in [-0.3, -0.25) is 0 Å². The Labute approximate surface area is 491 Å². The number of benzene rings is 4. The summed E-state index contributed by atoms with van der Waals surface area (Å²) in [6.45, 7) is 15.5. The average molecular weight is 1140 g/mol. The Morgan fingerprint density at radius 3 is 0.646 bits per heavy atom. The molecule has 1 aliphatic carbocycles. The molecule has 0 N–H and O–H groups in total. The van der Waals surface area contributed by atoms with Gasteiger partial charge < -0.3 is 66.3 Å². The molecule has 3 heterocycles. The molecule has 456 valence electrons. The fourth-order valence-electron chi connectivity index (χ4n) is 12.0.